The van der Waals surface area contributed by atoms with Gasteiger partial charge in [-0.2, -0.15) is 0 Å². The minimum Gasteiger partial charge on any atom is -0.378 e. The quantitative estimate of drug-likeness (QED) is 0.925. The van der Waals surface area contributed by atoms with E-state index in [1.165, 1.54) is 12.1 Å². The molecule has 2 rings (SSSR count). The van der Waals surface area contributed by atoms with Gasteiger partial charge in [0.05, 0.1) is 19.3 Å². The third kappa shape index (κ3) is 4.95. The molecule has 0 aliphatic carbocycles. The number of benzene rings is 1. The van der Waals surface area contributed by atoms with Crippen LogP contribution in [0.25, 0.3) is 0 Å². The van der Waals surface area contributed by atoms with E-state index >= 15 is 0 Å². The van der Waals surface area contributed by atoms with Crippen LogP contribution in [0.5, 0.6) is 0 Å². The van der Waals surface area contributed by atoms with E-state index in [2.05, 4.69) is 5.32 Å². The maximum atomic E-state index is 12.9. The normalized spacial score (nSPS) is 19.5. The van der Waals surface area contributed by atoms with E-state index in [1.54, 1.807) is 24.1 Å². The minimum atomic E-state index is -0.265. The van der Waals surface area contributed by atoms with Crippen LogP contribution in [0.2, 0.25) is 0 Å². The van der Waals surface area contributed by atoms with Crippen LogP contribution in [0.1, 0.15) is 24.9 Å². The summed E-state index contributed by atoms with van der Waals surface area (Å²) in [7, 11) is 1.78. The maximum Gasteiger partial charge on any atom is 0.224 e. The molecule has 4 nitrogen and oxygen atoms in total. The van der Waals surface area contributed by atoms with Gasteiger partial charge in [0.2, 0.25) is 5.91 Å². The third-order valence-electron chi connectivity index (χ3n) is 3.75. The molecule has 0 bridgehead atoms. The number of amides is 1. The highest BCUT2D eigenvalue weighted by Gasteiger charge is 2.22. The summed E-state index contributed by atoms with van der Waals surface area (Å²) in [5.41, 5.74) is 0.926. The van der Waals surface area contributed by atoms with E-state index in [1.807, 2.05) is 6.92 Å². The monoisotopic (exact) mass is 316 g/mol. The summed E-state index contributed by atoms with van der Waals surface area (Å²) in [5.74, 6) is -0.205. The number of carbonyl (C=O) groups excluding carboxylic acids is 1. The molecule has 1 saturated heterocycles. The molecular formula is C15H22ClFN2O2. The first kappa shape index (κ1) is 17.9. The van der Waals surface area contributed by atoms with Crippen LogP contribution in [-0.4, -0.2) is 43.7 Å². The van der Waals surface area contributed by atoms with Crippen LogP contribution in [0.3, 0.4) is 0 Å². The van der Waals surface area contributed by atoms with Crippen LogP contribution in [0, 0.1) is 5.82 Å². The van der Waals surface area contributed by atoms with Crippen molar-refractivity contribution >= 4 is 18.3 Å². The number of rotatable bonds is 4. The van der Waals surface area contributed by atoms with Crippen molar-refractivity contribution in [3.05, 3.63) is 35.6 Å². The summed E-state index contributed by atoms with van der Waals surface area (Å²) in [6, 6.07) is 6.27. The second kappa shape index (κ2) is 8.32. The lowest BCUT2D eigenvalue weighted by molar-refractivity contribution is -0.133. The fourth-order valence-electron chi connectivity index (χ4n) is 2.29. The Kier molecular flexibility index (Phi) is 7.08. The van der Waals surface area contributed by atoms with Crippen molar-refractivity contribution in [2.24, 2.45) is 0 Å². The Morgan fingerprint density at radius 3 is 2.71 bits per heavy atom. The predicted octanol–water partition coefficient (Wildman–Crippen LogP) is 2.15. The van der Waals surface area contributed by atoms with E-state index in [-0.39, 0.29) is 36.2 Å². The van der Waals surface area contributed by atoms with E-state index in [4.69, 9.17) is 4.74 Å². The fourth-order valence-corrected chi connectivity index (χ4v) is 2.29. The summed E-state index contributed by atoms with van der Waals surface area (Å²) in [5, 5.41) is 3.27. The number of nitrogens with zero attached hydrogens (tertiary/aromatic N) is 1. The summed E-state index contributed by atoms with van der Waals surface area (Å²) >= 11 is 0. The molecular weight excluding hydrogens is 295 g/mol. The number of morpholine rings is 1. The molecule has 1 aromatic carbocycles. The molecule has 0 saturated carbocycles. The van der Waals surface area contributed by atoms with Crippen molar-refractivity contribution in [2.75, 3.05) is 26.8 Å². The minimum absolute atomic E-state index is 0. The first-order valence-corrected chi connectivity index (χ1v) is 6.90. The summed E-state index contributed by atoms with van der Waals surface area (Å²) < 4.78 is 18.3. The Hall–Kier alpha value is -1.17. The van der Waals surface area contributed by atoms with Gasteiger partial charge in [-0.15, -0.1) is 12.4 Å². The van der Waals surface area contributed by atoms with Crippen molar-refractivity contribution in [3.63, 3.8) is 0 Å². The highest BCUT2D eigenvalue weighted by Crippen LogP contribution is 2.20. The van der Waals surface area contributed by atoms with Crippen LogP contribution < -0.4 is 5.32 Å². The van der Waals surface area contributed by atoms with Gasteiger partial charge in [0.25, 0.3) is 0 Å². The summed E-state index contributed by atoms with van der Waals surface area (Å²) in [4.78, 5) is 13.9. The van der Waals surface area contributed by atoms with Crippen LogP contribution >= 0.6 is 12.4 Å². The SMILES string of the molecule is CC(c1ccc(F)cc1)N(C)C(=O)CC1COCCN1.Cl. The number of hydrogen-bond acceptors (Lipinski definition) is 3. The van der Waals surface area contributed by atoms with Crippen molar-refractivity contribution in [1.29, 1.82) is 0 Å². The Morgan fingerprint density at radius 2 is 2.14 bits per heavy atom. The van der Waals surface area contributed by atoms with Crippen molar-refractivity contribution in [1.82, 2.24) is 10.2 Å². The van der Waals surface area contributed by atoms with Gasteiger partial charge in [-0.05, 0) is 24.6 Å². The molecule has 1 heterocycles. The van der Waals surface area contributed by atoms with Crippen molar-refractivity contribution < 1.29 is 13.9 Å². The average molecular weight is 317 g/mol. The Balaban J connectivity index is 0.00000220. The van der Waals surface area contributed by atoms with E-state index < -0.39 is 0 Å². The molecule has 1 aliphatic heterocycles. The number of carbonyl (C=O) groups is 1. The molecule has 0 radical (unpaired) electrons. The van der Waals surface area contributed by atoms with Gasteiger partial charge < -0.3 is 15.0 Å². The molecule has 21 heavy (non-hydrogen) atoms. The molecule has 1 N–H and O–H groups in total. The van der Waals surface area contributed by atoms with E-state index in [0.717, 1.165) is 12.1 Å². The molecule has 1 aliphatic rings. The number of ether oxygens (including phenoxy) is 1. The average Bonchev–Trinajstić information content (AvgIpc) is 2.47. The zero-order valence-electron chi connectivity index (χ0n) is 12.3. The Bertz CT molecular complexity index is 449. The molecule has 0 spiro atoms. The number of halogens is 2. The summed E-state index contributed by atoms with van der Waals surface area (Å²) in [6.45, 7) is 4.00. The Labute approximate surface area is 131 Å². The topological polar surface area (TPSA) is 41.6 Å². The third-order valence-corrected chi connectivity index (χ3v) is 3.75. The molecule has 6 heteroatoms. The smallest absolute Gasteiger partial charge is 0.224 e. The number of hydrogen-bond donors (Lipinski definition) is 1. The predicted molar refractivity (Wildman–Crippen MR) is 82.1 cm³/mol. The summed E-state index contributed by atoms with van der Waals surface area (Å²) in [6.07, 6.45) is 0.419. The van der Waals surface area contributed by atoms with Crippen LogP contribution in [0.4, 0.5) is 4.39 Å². The van der Waals surface area contributed by atoms with Crippen molar-refractivity contribution in [2.45, 2.75) is 25.4 Å². The van der Waals surface area contributed by atoms with E-state index in [0.29, 0.717) is 19.6 Å². The molecule has 2 atom stereocenters. The highest BCUT2D eigenvalue weighted by molar-refractivity contribution is 5.85. The number of nitrogens with one attached hydrogen (secondary N) is 1. The van der Waals surface area contributed by atoms with Crippen LogP contribution in [-0.2, 0) is 9.53 Å². The molecule has 2 unspecified atom stereocenters. The molecule has 0 aromatic heterocycles. The standard InChI is InChI=1S/C15H21FN2O2.ClH/c1-11(12-3-5-13(16)6-4-12)18(2)15(19)9-14-10-20-8-7-17-14;/h3-6,11,14,17H,7-10H2,1-2H3;1H. The lowest BCUT2D eigenvalue weighted by atomic mass is 10.1. The second-order valence-electron chi connectivity index (χ2n) is 5.16. The van der Waals surface area contributed by atoms with Gasteiger partial charge >= 0.3 is 0 Å². The van der Waals surface area contributed by atoms with Gasteiger partial charge in [-0.3, -0.25) is 4.79 Å². The molecule has 118 valence electrons. The second-order valence-corrected chi connectivity index (χ2v) is 5.16. The van der Waals surface area contributed by atoms with Crippen LogP contribution in [0.15, 0.2) is 24.3 Å². The van der Waals surface area contributed by atoms with Gasteiger partial charge in [0.15, 0.2) is 0 Å². The Morgan fingerprint density at radius 1 is 1.48 bits per heavy atom. The maximum absolute atomic E-state index is 12.9. The van der Waals surface area contributed by atoms with Gasteiger partial charge in [0.1, 0.15) is 5.82 Å². The zero-order chi connectivity index (χ0) is 14.5. The first-order chi connectivity index (χ1) is 9.58. The van der Waals surface area contributed by atoms with Gasteiger partial charge in [0, 0.05) is 26.1 Å². The molecule has 1 fully saturated rings. The molecule has 1 amide bonds. The zero-order valence-corrected chi connectivity index (χ0v) is 13.2. The van der Waals surface area contributed by atoms with E-state index in [9.17, 15) is 9.18 Å². The van der Waals surface area contributed by atoms with Crippen molar-refractivity contribution in [3.8, 4) is 0 Å². The van der Waals surface area contributed by atoms with Gasteiger partial charge in [-0.25, -0.2) is 4.39 Å². The lowest BCUT2D eigenvalue weighted by Crippen LogP contribution is -2.44. The lowest BCUT2D eigenvalue weighted by Gasteiger charge is -2.29. The van der Waals surface area contributed by atoms with Gasteiger partial charge in [-0.1, -0.05) is 12.1 Å². The first-order valence-electron chi connectivity index (χ1n) is 6.90. The largest absolute Gasteiger partial charge is 0.378 e. The highest BCUT2D eigenvalue weighted by atomic mass is 35.5. The molecule has 1 aromatic rings. The fraction of sp³-hybridized carbons (Fsp3) is 0.533.